The van der Waals surface area contributed by atoms with Crippen molar-refractivity contribution < 1.29 is 47.6 Å². The van der Waals surface area contributed by atoms with Crippen LogP contribution in [0.3, 0.4) is 0 Å². The third-order valence-electron chi connectivity index (χ3n) is 7.97. The van der Waals surface area contributed by atoms with Crippen LogP contribution < -0.4 is 18.9 Å². The maximum Gasteiger partial charge on any atom is 0.343 e. The van der Waals surface area contributed by atoms with E-state index in [-0.39, 0.29) is 18.0 Å². The van der Waals surface area contributed by atoms with Crippen LogP contribution >= 0.6 is 0 Å². The van der Waals surface area contributed by atoms with Crippen LogP contribution in [-0.2, 0) is 19.1 Å². The average Bonchev–Trinajstić information content (AvgIpc) is 4.02. The molecule has 2 atom stereocenters. The summed E-state index contributed by atoms with van der Waals surface area (Å²) in [5, 5.41) is 1.55. The van der Waals surface area contributed by atoms with Crippen molar-refractivity contribution >= 4 is 34.6 Å². The van der Waals surface area contributed by atoms with Gasteiger partial charge in [0.2, 0.25) is 0 Å². The van der Waals surface area contributed by atoms with Crippen molar-refractivity contribution in [2.45, 2.75) is 63.6 Å². The van der Waals surface area contributed by atoms with Crippen LogP contribution in [0.25, 0.3) is 10.8 Å². The van der Waals surface area contributed by atoms with Gasteiger partial charge < -0.3 is 28.4 Å². The van der Waals surface area contributed by atoms with E-state index in [4.69, 9.17) is 28.4 Å². The summed E-state index contributed by atoms with van der Waals surface area (Å²) >= 11 is 0. The van der Waals surface area contributed by atoms with Gasteiger partial charge in [-0.15, -0.1) is 0 Å². The molecule has 2 fully saturated rings. The minimum absolute atomic E-state index is 0.276. The molecule has 6 rings (SSSR count). The SMILES string of the molecule is O=C(CCCCCC1CO1)Oc1ccc(C(=O)Oc2ccc3ccc(OC(=O)c4ccc(OC(=O)CCCC5CO5)cc4)cc3c2)cc1. The van der Waals surface area contributed by atoms with Crippen LogP contribution in [0.1, 0.15) is 72.1 Å². The van der Waals surface area contributed by atoms with Crippen molar-refractivity contribution in [2.75, 3.05) is 13.2 Å². The van der Waals surface area contributed by atoms with Crippen molar-refractivity contribution in [1.29, 1.82) is 0 Å². The molecule has 0 aliphatic carbocycles. The van der Waals surface area contributed by atoms with Gasteiger partial charge in [0.15, 0.2) is 0 Å². The molecular formula is C38H36O10. The lowest BCUT2D eigenvalue weighted by atomic mass is 10.1. The highest BCUT2D eigenvalue weighted by Gasteiger charge is 2.22. The molecular weight excluding hydrogens is 616 g/mol. The lowest BCUT2D eigenvalue weighted by Crippen LogP contribution is -2.10. The smallest absolute Gasteiger partial charge is 0.343 e. The third kappa shape index (κ3) is 9.97. The van der Waals surface area contributed by atoms with Crippen molar-refractivity contribution in [3.63, 3.8) is 0 Å². The van der Waals surface area contributed by atoms with Gasteiger partial charge in [0.1, 0.15) is 23.0 Å². The van der Waals surface area contributed by atoms with Gasteiger partial charge in [-0.25, -0.2) is 9.59 Å². The Hall–Kier alpha value is -5.06. The van der Waals surface area contributed by atoms with Gasteiger partial charge in [0, 0.05) is 12.8 Å². The molecule has 10 heteroatoms. The van der Waals surface area contributed by atoms with E-state index in [1.54, 1.807) is 72.8 Å². The van der Waals surface area contributed by atoms with Gasteiger partial charge in [-0.1, -0.05) is 25.0 Å². The molecule has 10 nitrogen and oxygen atoms in total. The molecule has 0 aromatic heterocycles. The second-order valence-corrected chi connectivity index (χ2v) is 11.8. The highest BCUT2D eigenvalue weighted by atomic mass is 16.6. The van der Waals surface area contributed by atoms with Crippen LogP contribution in [0.2, 0.25) is 0 Å². The molecule has 0 bridgehead atoms. The predicted octanol–water partition coefficient (Wildman–Crippen LogP) is 7.01. The Kier molecular flexibility index (Phi) is 10.7. The first-order chi connectivity index (χ1) is 23.4. The van der Waals surface area contributed by atoms with Gasteiger partial charge >= 0.3 is 23.9 Å². The van der Waals surface area contributed by atoms with E-state index in [2.05, 4.69) is 0 Å². The van der Waals surface area contributed by atoms with E-state index in [9.17, 15) is 19.2 Å². The van der Waals surface area contributed by atoms with Gasteiger partial charge in [0.05, 0.1) is 36.5 Å². The number of fused-ring (bicyclic) bond motifs is 1. The van der Waals surface area contributed by atoms with Gasteiger partial charge in [-0.2, -0.15) is 0 Å². The number of hydrogen-bond acceptors (Lipinski definition) is 10. The number of carbonyl (C=O) groups excluding carboxylic acids is 4. The van der Waals surface area contributed by atoms with E-state index in [0.717, 1.165) is 50.7 Å². The summed E-state index contributed by atoms with van der Waals surface area (Å²) in [6.07, 6.45) is 6.66. The van der Waals surface area contributed by atoms with E-state index >= 15 is 0 Å². The molecule has 2 unspecified atom stereocenters. The highest BCUT2D eigenvalue weighted by Crippen LogP contribution is 2.27. The molecule has 2 heterocycles. The van der Waals surface area contributed by atoms with E-state index in [1.165, 1.54) is 12.1 Å². The first-order valence-electron chi connectivity index (χ1n) is 16.2. The summed E-state index contributed by atoms with van der Waals surface area (Å²) in [6, 6.07) is 22.7. The molecule has 4 aromatic rings. The monoisotopic (exact) mass is 652 g/mol. The van der Waals surface area contributed by atoms with Crippen LogP contribution in [0.5, 0.6) is 23.0 Å². The first kappa shape index (κ1) is 32.9. The fourth-order valence-corrected chi connectivity index (χ4v) is 5.11. The number of carbonyl (C=O) groups is 4. The molecule has 4 aromatic carbocycles. The maximum atomic E-state index is 12.8. The van der Waals surface area contributed by atoms with Crippen molar-refractivity contribution in [3.8, 4) is 23.0 Å². The summed E-state index contributed by atoms with van der Waals surface area (Å²) in [5.74, 6) is -0.459. The zero-order valence-corrected chi connectivity index (χ0v) is 26.4. The van der Waals surface area contributed by atoms with Crippen molar-refractivity contribution in [1.82, 2.24) is 0 Å². The number of unbranched alkanes of at least 4 members (excludes halogenated alkanes) is 2. The molecule has 0 amide bonds. The van der Waals surface area contributed by atoms with Gasteiger partial charge in [-0.05, 0) is 109 Å². The van der Waals surface area contributed by atoms with Gasteiger partial charge in [-0.3, -0.25) is 9.59 Å². The summed E-state index contributed by atoms with van der Waals surface area (Å²) in [6.45, 7) is 1.62. The molecule has 2 aliphatic heterocycles. The molecule has 0 spiro atoms. The fraction of sp³-hybridized carbons (Fsp3) is 0.316. The standard InChI is InChI=1S/C38H36O10/c39-35(7-3-1-2-5-33-23-43-33)45-29-15-11-26(12-16-29)37(41)47-31-19-9-25-10-20-32(22-28(25)21-31)48-38(42)27-13-17-30(18-14-27)46-36(40)8-4-6-34-24-44-34/h9-22,33-34H,1-8,23-24H2. The highest BCUT2D eigenvalue weighted by molar-refractivity contribution is 5.94. The molecule has 2 saturated heterocycles. The molecule has 0 saturated carbocycles. The Morgan fingerprint density at radius 3 is 1.42 bits per heavy atom. The zero-order valence-electron chi connectivity index (χ0n) is 26.4. The minimum atomic E-state index is -0.576. The lowest BCUT2D eigenvalue weighted by molar-refractivity contribution is -0.135. The quantitative estimate of drug-likeness (QED) is 0.0539. The summed E-state index contributed by atoms with van der Waals surface area (Å²) in [4.78, 5) is 49.8. The Morgan fingerprint density at radius 1 is 0.500 bits per heavy atom. The number of epoxide rings is 2. The van der Waals surface area contributed by atoms with E-state index in [1.807, 2.05) is 0 Å². The third-order valence-corrected chi connectivity index (χ3v) is 7.97. The lowest BCUT2D eigenvalue weighted by Gasteiger charge is -2.09. The normalized spacial score (nSPS) is 16.2. The molecule has 2 aliphatic rings. The minimum Gasteiger partial charge on any atom is -0.427 e. The Bertz CT molecular complexity index is 1760. The number of esters is 4. The largest absolute Gasteiger partial charge is 0.427 e. The van der Waals surface area contributed by atoms with Crippen LogP contribution in [-0.4, -0.2) is 49.3 Å². The zero-order chi connectivity index (χ0) is 33.3. The molecule has 0 N–H and O–H groups in total. The van der Waals surface area contributed by atoms with Gasteiger partial charge in [0.25, 0.3) is 0 Å². The Labute approximate surface area is 277 Å². The van der Waals surface area contributed by atoms with E-state index < -0.39 is 11.9 Å². The number of benzene rings is 4. The topological polar surface area (TPSA) is 130 Å². The van der Waals surface area contributed by atoms with Crippen molar-refractivity contribution in [3.05, 3.63) is 96.1 Å². The van der Waals surface area contributed by atoms with Crippen molar-refractivity contribution in [2.24, 2.45) is 0 Å². The summed E-state index contributed by atoms with van der Waals surface area (Å²) in [5.41, 5.74) is 0.587. The first-order valence-corrected chi connectivity index (χ1v) is 16.2. The number of rotatable bonds is 16. The second kappa shape index (κ2) is 15.7. The maximum absolute atomic E-state index is 12.8. The fourth-order valence-electron chi connectivity index (χ4n) is 5.11. The second-order valence-electron chi connectivity index (χ2n) is 11.8. The summed E-state index contributed by atoms with van der Waals surface area (Å²) in [7, 11) is 0. The number of hydrogen-bond donors (Lipinski definition) is 0. The molecule has 248 valence electrons. The number of ether oxygens (including phenoxy) is 6. The Balaban J connectivity index is 0.978. The molecule has 0 radical (unpaired) electrons. The summed E-state index contributed by atoms with van der Waals surface area (Å²) < 4.78 is 32.2. The van der Waals surface area contributed by atoms with Crippen LogP contribution in [0.4, 0.5) is 0 Å². The van der Waals surface area contributed by atoms with Crippen LogP contribution in [0.15, 0.2) is 84.9 Å². The average molecular weight is 653 g/mol. The predicted molar refractivity (Wildman–Crippen MR) is 174 cm³/mol. The molecule has 48 heavy (non-hydrogen) atoms. The van der Waals surface area contributed by atoms with Crippen LogP contribution in [0, 0.1) is 0 Å². The van der Waals surface area contributed by atoms with E-state index in [0.29, 0.717) is 64.9 Å². The Morgan fingerprint density at radius 2 is 0.938 bits per heavy atom.